The van der Waals surface area contributed by atoms with Gasteiger partial charge in [0.15, 0.2) is 0 Å². The number of anilines is 12. The molecule has 0 amide bonds. The van der Waals surface area contributed by atoms with Gasteiger partial charge in [-0.3, -0.25) is 0 Å². The van der Waals surface area contributed by atoms with E-state index in [0.717, 1.165) is 210 Å². The third-order valence-electron chi connectivity index (χ3n) is 33.3. The topological polar surface area (TPSA) is 13.0 Å². The zero-order valence-electron chi connectivity index (χ0n) is 87.7. The van der Waals surface area contributed by atoms with Gasteiger partial charge in [-0.15, -0.1) is 0 Å². The van der Waals surface area contributed by atoms with Crippen molar-refractivity contribution in [2.75, 3.05) is 19.6 Å². The SMILES string of the molecule is Cc1ccc(N(c2ccc(C)c(C)c2)c2c3ccccc3c(-c3cc(-c4c5ccccc5c(N(c5ccc(C)c(C)c5)c5ccc(C)c(C)c5)c5ccccc45)cc(C4(c5cc(-c6c7ccccc7c(N(c7ccc(C)c(C)c7)c7ccc(C)c(C)c7)c7ccccc67)cc(-c6c7ccccc7c(N(c7ccc(C)c(C)c7)c7ccc(C)c(C)c7)c7ccccc67)c5)c5ccccc5-c5ccccc54)c3)c3ccccc23)cc1C. The minimum atomic E-state index is -1.13. The zero-order valence-corrected chi connectivity index (χ0v) is 87.7. The highest BCUT2D eigenvalue weighted by molar-refractivity contribution is 6.28. The van der Waals surface area contributed by atoms with Gasteiger partial charge < -0.3 is 19.6 Å². The number of benzene rings is 24. The van der Waals surface area contributed by atoms with Crippen molar-refractivity contribution in [1.29, 1.82) is 0 Å². The van der Waals surface area contributed by atoms with Gasteiger partial charge in [0.25, 0.3) is 0 Å². The maximum atomic E-state index is 2.66. The monoisotopic (exact) mass is 1910 g/mol. The molecular formula is C145H118N4. The van der Waals surface area contributed by atoms with E-state index in [2.05, 4.69) is 555 Å². The summed E-state index contributed by atoms with van der Waals surface area (Å²) in [7, 11) is 0. The lowest BCUT2D eigenvalue weighted by Gasteiger charge is -2.36. The molecule has 4 nitrogen and oxygen atoms in total. The maximum Gasteiger partial charge on any atom is 0.0714 e. The van der Waals surface area contributed by atoms with Gasteiger partial charge >= 0.3 is 0 Å². The summed E-state index contributed by atoms with van der Waals surface area (Å²) in [5.74, 6) is 0. The van der Waals surface area contributed by atoms with Crippen LogP contribution in [0.1, 0.15) is 111 Å². The Hall–Kier alpha value is -17.4. The van der Waals surface area contributed by atoms with Crippen molar-refractivity contribution in [2.24, 2.45) is 0 Å². The molecule has 1 aliphatic carbocycles. The molecule has 24 aromatic carbocycles. The lowest BCUT2D eigenvalue weighted by atomic mass is 9.65. The molecule has 0 spiro atoms. The fraction of sp³-hybridized carbons (Fsp3) is 0.117. The summed E-state index contributed by atoms with van der Waals surface area (Å²) in [5, 5.41) is 18.2. The lowest BCUT2D eigenvalue weighted by molar-refractivity contribution is 0.770. The van der Waals surface area contributed by atoms with Crippen LogP contribution in [-0.4, -0.2) is 0 Å². The summed E-state index contributed by atoms with van der Waals surface area (Å²) in [6.07, 6.45) is 0. The van der Waals surface area contributed by atoms with E-state index in [1.807, 2.05) is 0 Å². The molecule has 0 atom stereocenters. The molecule has 0 N–H and O–H groups in total. The molecule has 0 aromatic heterocycles. The summed E-state index contributed by atoms with van der Waals surface area (Å²) in [6, 6.07) is 166. The van der Waals surface area contributed by atoms with Crippen molar-refractivity contribution in [3.05, 3.63) is 536 Å². The van der Waals surface area contributed by atoms with Crippen LogP contribution < -0.4 is 19.6 Å². The van der Waals surface area contributed by atoms with Crippen LogP contribution in [0.3, 0.4) is 0 Å². The Balaban J connectivity index is 0.860. The van der Waals surface area contributed by atoms with E-state index >= 15 is 0 Å². The van der Waals surface area contributed by atoms with Gasteiger partial charge in [0.05, 0.1) is 28.2 Å². The van der Waals surface area contributed by atoms with E-state index in [4.69, 9.17) is 0 Å². The second kappa shape index (κ2) is 36.6. The first kappa shape index (κ1) is 92.7. The third kappa shape index (κ3) is 15.2. The van der Waals surface area contributed by atoms with E-state index in [1.54, 1.807) is 0 Å². The molecule has 0 bridgehead atoms. The first-order chi connectivity index (χ1) is 72.5. The Morgan fingerprint density at radius 2 is 0.282 bits per heavy atom. The molecule has 0 radical (unpaired) electrons. The molecule has 0 fully saturated rings. The van der Waals surface area contributed by atoms with Gasteiger partial charge in [0.1, 0.15) is 0 Å². The Morgan fingerprint density at radius 3 is 0.443 bits per heavy atom. The number of hydrogen-bond acceptors (Lipinski definition) is 4. The van der Waals surface area contributed by atoms with Crippen LogP contribution in [0.15, 0.2) is 425 Å². The Bertz CT molecular complexity index is 8240. The Kier molecular flexibility index (Phi) is 22.8. The fourth-order valence-corrected chi connectivity index (χ4v) is 24.5. The van der Waals surface area contributed by atoms with Crippen molar-refractivity contribution in [3.8, 4) is 55.6 Å². The van der Waals surface area contributed by atoms with Crippen LogP contribution in [0.5, 0.6) is 0 Å². The Labute approximate surface area is 875 Å². The molecule has 1 aliphatic rings. The highest BCUT2D eigenvalue weighted by atomic mass is 15.2. The summed E-state index contributed by atoms with van der Waals surface area (Å²) in [5.41, 5.74) is 48.0. The van der Waals surface area contributed by atoms with E-state index < -0.39 is 5.41 Å². The molecule has 0 unspecified atom stereocenters. The van der Waals surface area contributed by atoms with Gasteiger partial charge in [-0.2, -0.15) is 0 Å². The quantitative estimate of drug-likeness (QED) is 0.0794. The minimum absolute atomic E-state index is 1.09. The molecule has 4 heteroatoms. The normalized spacial score (nSPS) is 12.2. The average molecular weight is 1920 g/mol. The average Bonchev–Trinajstić information content (AvgIpc) is 1.57. The zero-order chi connectivity index (χ0) is 102. The van der Waals surface area contributed by atoms with Crippen LogP contribution >= 0.6 is 0 Å². The van der Waals surface area contributed by atoms with Gasteiger partial charge in [0, 0.05) is 88.6 Å². The van der Waals surface area contributed by atoms with Crippen LogP contribution in [0.4, 0.5) is 68.2 Å². The van der Waals surface area contributed by atoms with Crippen molar-refractivity contribution >= 4 is 154 Å². The lowest BCUT2D eigenvalue weighted by Crippen LogP contribution is -2.29. The smallest absolute Gasteiger partial charge is 0.0714 e. The van der Waals surface area contributed by atoms with Crippen molar-refractivity contribution < 1.29 is 0 Å². The second-order valence-corrected chi connectivity index (χ2v) is 42.2. The Morgan fingerprint density at radius 1 is 0.134 bits per heavy atom. The van der Waals surface area contributed by atoms with Crippen LogP contribution in [0, 0.1) is 111 Å². The molecule has 25 rings (SSSR count). The molecule has 0 saturated heterocycles. The summed E-state index contributed by atoms with van der Waals surface area (Å²) in [6.45, 7) is 35.8. The first-order valence-corrected chi connectivity index (χ1v) is 52.6. The number of nitrogens with zero attached hydrogens (tertiary/aromatic N) is 4. The molecule has 24 aromatic rings. The van der Waals surface area contributed by atoms with Crippen LogP contribution in [0.2, 0.25) is 0 Å². The minimum Gasteiger partial charge on any atom is -0.309 e. The number of fused-ring (bicyclic) bond motifs is 11. The van der Waals surface area contributed by atoms with E-state index in [1.165, 1.54) is 111 Å². The fourth-order valence-electron chi connectivity index (χ4n) is 24.5. The first-order valence-electron chi connectivity index (χ1n) is 52.6. The third-order valence-corrected chi connectivity index (χ3v) is 33.3. The summed E-state index contributed by atoms with van der Waals surface area (Å²) < 4.78 is 0. The molecule has 718 valence electrons. The van der Waals surface area contributed by atoms with Crippen LogP contribution in [-0.2, 0) is 5.41 Å². The van der Waals surface area contributed by atoms with Gasteiger partial charge in [-0.1, -0.05) is 291 Å². The predicted molar refractivity (Wildman–Crippen MR) is 640 cm³/mol. The number of rotatable bonds is 18. The summed E-state index contributed by atoms with van der Waals surface area (Å²) in [4.78, 5) is 10.2. The molecule has 0 heterocycles. The number of hydrogen-bond donors (Lipinski definition) is 0. The van der Waals surface area contributed by atoms with E-state index in [0.29, 0.717) is 0 Å². The molecule has 0 aliphatic heterocycles. The molecule has 0 saturated carbocycles. The van der Waals surface area contributed by atoms with Crippen molar-refractivity contribution in [3.63, 3.8) is 0 Å². The standard InChI is InChI=1S/C145H118N4/c1-87-57-65-109(73-95(87)9)146(110-66-58-88(2)96(10)74-110)141-127-47-25-17-39-119(127)137(120-40-18-26-48-128(120)141)103-81-104(138-121-41-19-27-49-129(121)142(130-50-28-20-42-122(130)138)147(111-67-59-89(3)97(11)75-111)112-68-60-90(4)98(12)76-112)84-107(83-103)145(135-55-35-33-37-117(135)118-38-34-36-56-136(118)145)108-85-105(139-123-43-21-29-51-131(123)143(132-52-30-22-44-124(132)139)148(113-69-61-91(5)99(13)77-113)114-70-62-92(6)100(14)78-114)82-106(86-108)140-125-45-23-31-53-133(125)144(134-54-32-24-46-126(134)140)149(115-71-63-93(7)101(15)79-115)116-72-64-94(8)102(16)80-116/h17-86H,1-16H3. The van der Waals surface area contributed by atoms with Crippen molar-refractivity contribution in [1.82, 2.24) is 0 Å². The molecule has 149 heavy (non-hydrogen) atoms. The van der Waals surface area contributed by atoms with E-state index in [9.17, 15) is 0 Å². The van der Waals surface area contributed by atoms with Gasteiger partial charge in [0.2, 0.25) is 0 Å². The highest BCUT2D eigenvalue weighted by Gasteiger charge is 2.48. The van der Waals surface area contributed by atoms with Gasteiger partial charge in [-0.25, -0.2) is 0 Å². The van der Waals surface area contributed by atoms with Crippen molar-refractivity contribution in [2.45, 2.75) is 116 Å². The largest absolute Gasteiger partial charge is 0.309 e. The van der Waals surface area contributed by atoms with Gasteiger partial charge in [-0.05, 0) is 454 Å². The second-order valence-electron chi connectivity index (χ2n) is 42.2. The number of aryl methyl sites for hydroxylation is 16. The van der Waals surface area contributed by atoms with Crippen LogP contribution in [0.25, 0.3) is 142 Å². The molecular weight excluding hydrogens is 1800 g/mol. The highest BCUT2D eigenvalue weighted by Crippen LogP contribution is 2.63. The maximum absolute atomic E-state index is 2.66. The van der Waals surface area contributed by atoms with E-state index in [-0.39, 0.29) is 0 Å². The predicted octanol–water partition coefficient (Wildman–Crippen LogP) is 40.8. The summed E-state index contributed by atoms with van der Waals surface area (Å²) >= 11 is 0.